The lowest BCUT2D eigenvalue weighted by Crippen LogP contribution is -2.48. The van der Waals surface area contributed by atoms with Crippen LogP contribution in [-0.2, 0) is 11.5 Å². The number of carbonyl (C=O) groups is 3. The van der Waals surface area contributed by atoms with Crippen LogP contribution in [0.25, 0.3) is 17.2 Å². The summed E-state index contributed by atoms with van der Waals surface area (Å²) >= 11 is 0. The Balaban J connectivity index is 0.968. The van der Waals surface area contributed by atoms with Crippen LogP contribution in [0.5, 0.6) is 5.75 Å². The number of nitrogens with one attached hydrogen (secondary N) is 1. The summed E-state index contributed by atoms with van der Waals surface area (Å²) in [4.78, 5) is 53.5. The van der Waals surface area contributed by atoms with Crippen molar-refractivity contribution in [2.45, 2.75) is 51.2 Å². The van der Waals surface area contributed by atoms with Crippen molar-refractivity contribution >= 4 is 35.0 Å². The molecule has 2 aromatic carbocycles. The van der Waals surface area contributed by atoms with Crippen molar-refractivity contribution in [2.75, 3.05) is 31.1 Å². The van der Waals surface area contributed by atoms with Crippen molar-refractivity contribution in [3.63, 3.8) is 0 Å². The number of nitrogens with zero attached hydrogens (tertiary/aromatic N) is 6. The normalized spacial score (nSPS) is 21.6. The highest BCUT2D eigenvalue weighted by Gasteiger charge is 2.46. The van der Waals surface area contributed by atoms with Gasteiger partial charge < -0.3 is 14.6 Å². The number of pyridine rings is 1. The van der Waals surface area contributed by atoms with Gasteiger partial charge in [-0.2, -0.15) is 9.51 Å². The van der Waals surface area contributed by atoms with Crippen LogP contribution >= 0.6 is 0 Å². The molecule has 5 heterocycles. The van der Waals surface area contributed by atoms with Crippen LogP contribution in [0.15, 0.2) is 73.1 Å². The van der Waals surface area contributed by atoms with Crippen molar-refractivity contribution in [1.82, 2.24) is 29.9 Å². The summed E-state index contributed by atoms with van der Waals surface area (Å²) in [7, 11) is 0. The van der Waals surface area contributed by atoms with Crippen molar-refractivity contribution in [2.24, 2.45) is 11.8 Å². The molecule has 1 N–H and O–H groups in total. The molecule has 2 fully saturated rings. The summed E-state index contributed by atoms with van der Waals surface area (Å²) in [6.07, 6.45) is 8.82. The third-order valence-corrected chi connectivity index (χ3v) is 10.5. The molecule has 1 saturated heterocycles. The van der Waals surface area contributed by atoms with Gasteiger partial charge in [-0.15, -0.1) is 0 Å². The fraction of sp³-hybridized carbons (Fsp3) is 0.359. The van der Waals surface area contributed by atoms with Gasteiger partial charge >= 0.3 is 0 Å². The van der Waals surface area contributed by atoms with E-state index < -0.39 is 17.6 Å². The highest BCUT2D eigenvalue weighted by molar-refractivity contribution is 6.23. The SMILES string of the molecule is O=C(NC1CCC(C2C(=O)c3nc(F)ccc3N(c3cccc(-c4ccc(OCCN5CCCC5)cc4)c3)C2=O)CC1)c1cn2c(n1)C=CN(F)C2. The highest BCUT2D eigenvalue weighted by atomic mass is 19.2. The van der Waals surface area contributed by atoms with Crippen molar-refractivity contribution < 1.29 is 28.0 Å². The van der Waals surface area contributed by atoms with Crippen molar-refractivity contribution in [1.29, 1.82) is 0 Å². The Bertz CT molecular complexity index is 2020. The summed E-state index contributed by atoms with van der Waals surface area (Å²) in [5.41, 5.74) is 2.73. The molecule has 11 nitrogen and oxygen atoms in total. The number of fused-ring (bicyclic) bond motifs is 2. The summed E-state index contributed by atoms with van der Waals surface area (Å²) in [5.74, 6) is -2.12. The lowest BCUT2D eigenvalue weighted by atomic mass is 9.73. The fourth-order valence-electron chi connectivity index (χ4n) is 7.84. The number of benzene rings is 2. The number of anilines is 2. The zero-order chi connectivity index (χ0) is 35.8. The van der Waals surface area contributed by atoms with Gasteiger partial charge in [-0.3, -0.25) is 24.2 Å². The number of hydrogen-bond acceptors (Lipinski definition) is 8. The minimum atomic E-state index is -1.05. The third-order valence-electron chi connectivity index (χ3n) is 10.5. The zero-order valence-electron chi connectivity index (χ0n) is 28.6. The van der Waals surface area contributed by atoms with E-state index >= 15 is 0 Å². The number of likely N-dealkylation sites (tertiary alicyclic amines) is 1. The molecule has 4 aliphatic rings. The van der Waals surface area contributed by atoms with E-state index in [1.165, 1.54) is 42.3 Å². The summed E-state index contributed by atoms with van der Waals surface area (Å²) in [6.45, 7) is 3.74. The molecule has 3 aliphatic heterocycles. The Morgan fingerprint density at radius 2 is 1.73 bits per heavy atom. The monoisotopic (exact) mass is 707 g/mol. The Hall–Kier alpha value is -5.43. The topological polar surface area (TPSA) is 113 Å². The second kappa shape index (κ2) is 14.3. The first kappa shape index (κ1) is 33.7. The van der Waals surface area contributed by atoms with E-state index in [0.29, 0.717) is 48.9 Å². The van der Waals surface area contributed by atoms with Crippen LogP contribution in [-0.4, -0.2) is 74.4 Å². The minimum absolute atomic E-state index is 0.0501. The van der Waals surface area contributed by atoms with Gasteiger partial charge in [0.2, 0.25) is 11.9 Å². The van der Waals surface area contributed by atoms with Crippen LogP contribution in [0.1, 0.15) is 65.3 Å². The van der Waals surface area contributed by atoms with Crippen LogP contribution in [0.4, 0.5) is 20.2 Å². The van der Waals surface area contributed by atoms with Crippen molar-refractivity contribution in [3.8, 4) is 16.9 Å². The maximum Gasteiger partial charge on any atom is 0.271 e. The van der Waals surface area contributed by atoms with Gasteiger partial charge in [0.15, 0.2) is 5.78 Å². The minimum Gasteiger partial charge on any atom is -0.492 e. The number of ketones is 1. The van der Waals surface area contributed by atoms with Gasteiger partial charge in [0.25, 0.3) is 5.91 Å². The van der Waals surface area contributed by atoms with E-state index in [0.717, 1.165) is 42.6 Å². The first-order valence-corrected chi connectivity index (χ1v) is 17.9. The molecule has 1 saturated carbocycles. The highest BCUT2D eigenvalue weighted by Crippen LogP contribution is 2.42. The van der Waals surface area contributed by atoms with Crippen LogP contribution in [0, 0.1) is 17.8 Å². The van der Waals surface area contributed by atoms with E-state index in [-0.39, 0.29) is 47.5 Å². The maximum atomic E-state index is 14.5. The Kier molecular flexibility index (Phi) is 9.27. The van der Waals surface area contributed by atoms with Crippen LogP contribution < -0.4 is 15.0 Å². The number of hydrogen-bond donors (Lipinski definition) is 1. The molecule has 4 aromatic rings. The molecule has 1 atom stereocenters. The van der Waals surface area contributed by atoms with E-state index in [1.54, 1.807) is 10.6 Å². The number of Topliss-reactive ketones (excluding diaryl/α,β-unsaturated/α-hetero) is 1. The van der Waals surface area contributed by atoms with Crippen LogP contribution in [0.2, 0.25) is 0 Å². The maximum absolute atomic E-state index is 14.5. The molecule has 0 spiro atoms. The molecular weight excluding hydrogens is 668 g/mol. The smallest absolute Gasteiger partial charge is 0.271 e. The van der Waals surface area contributed by atoms with Crippen molar-refractivity contribution in [3.05, 3.63) is 96.2 Å². The average molecular weight is 708 g/mol. The largest absolute Gasteiger partial charge is 0.492 e. The van der Waals surface area contributed by atoms with E-state index in [4.69, 9.17) is 4.74 Å². The van der Waals surface area contributed by atoms with E-state index in [2.05, 4.69) is 20.2 Å². The summed E-state index contributed by atoms with van der Waals surface area (Å²) in [5, 5.41) is 3.50. The number of ether oxygens (including phenoxy) is 1. The molecule has 2 amide bonds. The lowest BCUT2D eigenvalue weighted by Gasteiger charge is -2.38. The quantitative estimate of drug-likeness (QED) is 0.125. The van der Waals surface area contributed by atoms with Crippen LogP contribution in [0.3, 0.4) is 0 Å². The molecule has 1 aliphatic carbocycles. The Morgan fingerprint density at radius 3 is 2.52 bits per heavy atom. The molecule has 2 aromatic heterocycles. The Labute approximate surface area is 299 Å². The molecule has 1 unspecified atom stereocenters. The van der Waals surface area contributed by atoms with E-state index in [1.807, 2.05) is 42.5 Å². The molecule has 0 bridgehead atoms. The molecule has 0 radical (unpaired) electrons. The number of amides is 2. The molecule has 268 valence electrons. The predicted molar refractivity (Wildman–Crippen MR) is 190 cm³/mol. The first-order valence-electron chi connectivity index (χ1n) is 17.9. The average Bonchev–Trinajstić information content (AvgIpc) is 3.83. The number of imidazole rings is 1. The second-order valence-corrected chi connectivity index (χ2v) is 13.9. The summed E-state index contributed by atoms with van der Waals surface area (Å²) in [6, 6.07) is 17.7. The molecule has 13 heteroatoms. The third kappa shape index (κ3) is 6.80. The van der Waals surface area contributed by atoms with Gasteiger partial charge in [-0.05, 0) is 111 Å². The number of rotatable bonds is 9. The lowest BCUT2D eigenvalue weighted by molar-refractivity contribution is -0.122. The number of carbonyl (C=O) groups excluding carboxylic acids is 3. The van der Waals surface area contributed by atoms with Gasteiger partial charge in [0, 0.05) is 30.7 Å². The molecule has 52 heavy (non-hydrogen) atoms. The molecular formula is C39H39F2N7O4. The fourth-order valence-corrected chi connectivity index (χ4v) is 7.84. The van der Waals surface area contributed by atoms with Gasteiger partial charge in [-0.25, -0.2) is 9.97 Å². The van der Waals surface area contributed by atoms with Gasteiger partial charge in [0.1, 0.15) is 42.2 Å². The summed E-state index contributed by atoms with van der Waals surface area (Å²) < 4.78 is 35.6. The predicted octanol–water partition coefficient (Wildman–Crippen LogP) is 6.15. The standard InChI is InChI=1S/C39H39F2N7O4/c40-33-15-14-32-36(44-33)37(49)35(26-6-10-28(11-7-26)42-38(50)31-23-46-24-47(41)19-16-34(46)43-31)39(51)48(32)29-5-3-4-27(22-29)25-8-12-30(13-9-25)52-21-20-45-17-1-2-18-45/h3-5,8-9,12-16,19,22-23,26,28,35H,1-2,6-7,10-11,17-18,20-21,24H2,(H,42,50). The second-order valence-electron chi connectivity index (χ2n) is 13.9. The van der Waals surface area contributed by atoms with E-state index in [9.17, 15) is 23.3 Å². The zero-order valence-corrected chi connectivity index (χ0v) is 28.6. The Morgan fingerprint density at radius 1 is 0.942 bits per heavy atom. The number of halogens is 2. The van der Waals surface area contributed by atoms with Gasteiger partial charge in [0.05, 0.1) is 5.69 Å². The first-order chi connectivity index (χ1) is 25.3. The van der Waals surface area contributed by atoms with Gasteiger partial charge in [-0.1, -0.05) is 28.7 Å². The molecule has 8 rings (SSSR count). The number of aromatic nitrogens is 3.